The van der Waals surface area contributed by atoms with E-state index in [9.17, 15) is 13.2 Å². The molecule has 27 heavy (non-hydrogen) atoms. The number of likely N-dealkylation sites (N-methyl/N-ethyl adjacent to an activating group) is 1. The van der Waals surface area contributed by atoms with E-state index in [0.717, 1.165) is 26.4 Å². The number of anilines is 1. The van der Waals surface area contributed by atoms with E-state index in [1.807, 2.05) is 25.1 Å². The van der Waals surface area contributed by atoms with Crippen LogP contribution >= 0.6 is 39.1 Å². The van der Waals surface area contributed by atoms with E-state index in [2.05, 4.69) is 15.9 Å². The molecule has 0 saturated carbocycles. The van der Waals surface area contributed by atoms with Crippen LogP contribution in [0.5, 0.6) is 0 Å². The molecule has 0 unspecified atom stereocenters. The third-order valence-electron chi connectivity index (χ3n) is 4.47. The number of rotatable bonds is 4. The van der Waals surface area contributed by atoms with Crippen molar-refractivity contribution in [1.29, 1.82) is 0 Å². The zero-order valence-corrected chi connectivity index (χ0v) is 18.5. The molecule has 0 radical (unpaired) electrons. The summed E-state index contributed by atoms with van der Waals surface area (Å²) < 4.78 is 27.6. The molecule has 0 saturated heterocycles. The Balaban J connectivity index is 1.85. The molecule has 0 aliphatic carbocycles. The van der Waals surface area contributed by atoms with Gasteiger partial charge in [0.05, 0.1) is 11.6 Å². The number of hydrogen-bond donors (Lipinski definition) is 0. The Labute approximate surface area is 177 Å². The summed E-state index contributed by atoms with van der Waals surface area (Å²) in [4.78, 5) is 14.4. The summed E-state index contributed by atoms with van der Waals surface area (Å²) in [5.41, 5.74) is 1.86. The number of hydrogen-bond acceptors (Lipinski definition) is 3. The molecular weight excluding hydrogens is 475 g/mol. The zero-order chi connectivity index (χ0) is 19.9. The average molecular weight is 492 g/mol. The van der Waals surface area contributed by atoms with Crippen molar-refractivity contribution in [2.45, 2.75) is 24.3 Å². The Morgan fingerprint density at radius 1 is 1.26 bits per heavy atom. The molecule has 0 aromatic heterocycles. The number of fused-ring (bicyclic) bond motifs is 1. The predicted molar refractivity (Wildman–Crippen MR) is 111 cm³/mol. The van der Waals surface area contributed by atoms with Crippen LogP contribution in [-0.4, -0.2) is 38.3 Å². The van der Waals surface area contributed by atoms with Gasteiger partial charge in [0.25, 0.3) is 0 Å². The van der Waals surface area contributed by atoms with E-state index < -0.39 is 10.0 Å². The number of halogens is 3. The zero-order valence-electron chi connectivity index (χ0n) is 14.6. The van der Waals surface area contributed by atoms with Gasteiger partial charge in [-0.15, -0.1) is 0 Å². The first-order valence-electron chi connectivity index (χ1n) is 8.13. The van der Waals surface area contributed by atoms with Gasteiger partial charge < -0.3 is 4.90 Å². The van der Waals surface area contributed by atoms with Gasteiger partial charge in [-0.25, -0.2) is 8.42 Å². The SMILES string of the molecule is C[C@@H]1Cc2cc(Br)ccc2N1C(=O)CN(C)S(=O)(=O)c1cc(Cl)ccc1Cl. The minimum Gasteiger partial charge on any atom is -0.308 e. The van der Waals surface area contributed by atoms with E-state index in [4.69, 9.17) is 23.2 Å². The van der Waals surface area contributed by atoms with Crippen LogP contribution in [0.4, 0.5) is 5.69 Å². The number of nitrogens with zero attached hydrogens (tertiary/aromatic N) is 2. The van der Waals surface area contributed by atoms with Gasteiger partial charge in [0.1, 0.15) is 4.90 Å². The maximum Gasteiger partial charge on any atom is 0.244 e. The molecule has 1 heterocycles. The first kappa shape index (κ1) is 20.6. The van der Waals surface area contributed by atoms with Crippen LogP contribution < -0.4 is 4.90 Å². The molecule has 2 aromatic carbocycles. The highest BCUT2D eigenvalue weighted by Gasteiger charge is 2.34. The fraction of sp³-hybridized carbons (Fsp3) is 0.278. The van der Waals surface area contributed by atoms with Crippen LogP contribution in [0, 0.1) is 0 Å². The number of amides is 1. The molecule has 0 fully saturated rings. The highest BCUT2D eigenvalue weighted by atomic mass is 79.9. The minimum absolute atomic E-state index is 0.0485. The number of carbonyl (C=O) groups excluding carboxylic acids is 1. The van der Waals surface area contributed by atoms with Crippen LogP contribution in [0.15, 0.2) is 45.8 Å². The van der Waals surface area contributed by atoms with Crippen molar-refractivity contribution in [3.63, 3.8) is 0 Å². The summed E-state index contributed by atoms with van der Waals surface area (Å²) in [5, 5.41) is 0.314. The van der Waals surface area contributed by atoms with E-state index >= 15 is 0 Å². The maximum absolute atomic E-state index is 12.9. The van der Waals surface area contributed by atoms with Crippen LogP contribution in [0.25, 0.3) is 0 Å². The first-order chi connectivity index (χ1) is 12.6. The van der Waals surface area contributed by atoms with Crippen molar-refractivity contribution in [3.8, 4) is 0 Å². The molecular formula is C18H17BrCl2N2O3S. The Bertz CT molecular complexity index is 1010. The average Bonchev–Trinajstić information content (AvgIpc) is 2.91. The van der Waals surface area contributed by atoms with Gasteiger partial charge in [-0.05, 0) is 55.3 Å². The van der Waals surface area contributed by atoms with Crippen molar-refractivity contribution < 1.29 is 13.2 Å². The quantitative estimate of drug-likeness (QED) is 0.638. The second-order valence-corrected chi connectivity index (χ2v) is 10.2. The van der Waals surface area contributed by atoms with Crippen molar-refractivity contribution in [2.75, 3.05) is 18.5 Å². The van der Waals surface area contributed by atoms with E-state index in [-0.39, 0.29) is 33.4 Å². The number of carbonyl (C=O) groups is 1. The van der Waals surface area contributed by atoms with Crippen LogP contribution in [-0.2, 0) is 21.2 Å². The summed E-state index contributed by atoms with van der Waals surface area (Å²) in [5.74, 6) is -0.298. The maximum atomic E-state index is 12.9. The van der Waals surface area contributed by atoms with Crippen LogP contribution in [0.1, 0.15) is 12.5 Å². The Morgan fingerprint density at radius 3 is 2.67 bits per heavy atom. The standard InChI is InChI=1S/C18H17BrCl2N2O3S/c1-11-7-12-8-13(19)3-6-16(12)23(11)18(24)10-22(2)27(25,26)17-9-14(20)4-5-15(17)21/h3-6,8-9,11H,7,10H2,1-2H3/t11-/m1/s1. The molecule has 144 valence electrons. The molecule has 0 spiro atoms. The molecule has 1 amide bonds. The highest BCUT2D eigenvalue weighted by molar-refractivity contribution is 9.10. The fourth-order valence-corrected chi connectivity index (χ4v) is 5.44. The van der Waals surface area contributed by atoms with Gasteiger partial charge >= 0.3 is 0 Å². The molecule has 5 nitrogen and oxygen atoms in total. The van der Waals surface area contributed by atoms with Gasteiger partial charge in [-0.2, -0.15) is 4.31 Å². The summed E-state index contributed by atoms with van der Waals surface area (Å²) in [7, 11) is -2.60. The highest BCUT2D eigenvalue weighted by Crippen LogP contribution is 2.34. The molecule has 0 bridgehead atoms. The lowest BCUT2D eigenvalue weighted by molar-refractivity contribution is -0.118. The molecule has 2 aromatic rings. The fourth-order valence-electron chi connectivity index (χ4n) is 3.17. The Hall–Kier alpha value is -1.12. The largest absolute Gasteiger partial charge is 0.308 e. The topological polar surface area (TPSA) is 57.7 Å². The van der Waals surface area contributed by atoms with Gasteiger partial charge in [-0.1, -0.05) is 39.1 Å². The summed E-state index contributed by atoms with van der Waals surface area (Å²) in [6.07, 6.45) is 0.719. The second kappa shape index (κ2) is 7.72. The molecule has 3 rings (SSSR count). The third kappa shape index (κ3) is 4.03. The van der Waals surface area contributed by atoms with Gasteiger partial charge in [-0.3, -0.25) is 4.79 Å². The first-order valence-corrected chi connectivity index (χ1v) is 11.1. The van der Waals surface area contributed by atoms with Crippen LogP contribution in [0.3, 0.4) is 0 Å². The van der Waals surface area contributed by atoms with E-state index in [0.29, 0.717) is 0 Å². The van der Waals surface area contributed by atoms with E-state index in [1.54, 1.807) is 4.90 Å². The van der Waals surface area contributed by atoms with Crippen molar-refractivity contribution in [2.24, 2.45) is 0 Å². The Kier molecular flexibility index (Phi) is 5.89. The Morgan fingerprint density at radius 2 is 1.96 bits per heavy atom. The normalized spacial score (nSPS) is 16.7. The lowest BCUT2D eigenvalue weighted by Gasteiger charge is -2.26. The monoisotopic (exact) mass is 490 g/mol. The summed E-state index contributed by atoms with van der Waals surface area (Å²) >= 11 is 15.4. The van der Waals surface area contributed by atoms with Gasteiger partial charge in [0.2, 0.25) is 15.9 Å². The lowest BCUT2D eigenvalue weighted by atomic mass is 10.1. The number of benzene rings is 2. The van der Waals surface area contributed by atoms with Crippen LogP contribution in [0.2, 0.25) is 10.0 Å². The second-order valence-electron chi connectivity index (χ2n) is 6.43. The van der Waals surface area contributed by atoms with Gasteiger partial charge in [0, 0.05) is 28.3 Å². The van der Waals surface area contributed by atoms with Gasteiger partial charge in [0.15, 0.2) is 0 Å². The van der Waals surface area contributed by atoms with Crippen molar-refractivity contribution >= 4 is 60.7 Å². The van der Waals surface area contributed by atoms with Crippen molar-refractivity contribution in [3.05, 3.63) is 56.5 Å². The number of sulfonamides is 1. The summed E-state index contributed by atoms with van der Waals surface area (Å²) in [6.45, 7) is 1.64. The smallest absolute Gasteiger partial charge is 0.244 e. The molecule has 0 N–H and O–H groups in total. The predicted octanol–water partition coefficient (Wildman–Crippen LogP) is 4.35. The molecule has 1 atom stereocenters. The lowest BCUT2D eigenvalue weighted by Crippen LogP contribution is -2.43. The minimum atomic E-state index is -3.96. The molecule has 1 aliphatic heterocycles. The van der Waals surface area contributed by atoms with E-state index in [1.165, 1.54) is 25.2 Å². The third-order valence-corrected chi connectivity index (χ3v) is 7.48. The van der Waals surface area contributed by atoms with Crippen molar-refractivity contribution in [1.82, 2.24) is 4.31 Å². The molecule has 1 aliphatic rings. The molecule has 9 heteroatoms. The summed E-state index contributed by atoms with van der Waals surface area (Å²) in [6, 6.07) is 9.87.